The van der Waals surface area contributed by atoms with Gasteiger partial charge in [0.05, 0.1) is 19.4 Å². The van der Waals surface area contributed by atoms with Crippen LogP contribution in [0.15, 0.2) is 48.5 Å². The van der Waals surface area contributed by atoms with Gasteiger partial charge in [-0.15, -0.1) is 0 Å². The number of methoxy groups -OCH3 is 1. The predicted octanol–water partition coefficient (Wildman–Crippen LogP) is 2.54. The molecule has 1 saturated heterocycles. The van der Waals surface area contributed by atoms with Crippen molar-refractivity contribution >= 4 is 23.5 Å². The largest absolute Gasteiger partial charge is 0.497 e. The summed E-state index contributed by atoms with van der Waals surface area (Å²) in [6.45, 7) is 2.38. The van der Waals surface area contributed by atoms with Gasteiger partial charge in [-0.1, -0.05) is 12.1 Å². The van der Waals surface area contributed by atoms with E-state index >= 15 is 0 Å². The van der Waals surface area contributed by atoms with Crippen molar-refractivity contribution in [2.75, 3.05) is 18.6 Å². The molecule has 1 aliphatic heterocycles. The van der Waals surface area contributed by atoms with Crippen molar-refractivity contribution in [1.29, 1.82) is 0 Å². The van der Waals surface area contributed by atoms with E-state index in [9.17, 15) is 14.4 Å². The van der Waals surface area contributed by atoms with Gasteiger partial charge in [-0.3, -0.25) is 14.9 Å². The number of imide groups is 2. The van der Waals surface area contributed by atoms with Gasteiger partial charge in [0.25, 0.3) is 0 Å². The first-order chi connectivity index (χ1) is 13.0. The number of urea groups is 1. The molecule has 4 amide bonds. The summed E-state index contributed by atoms with van der Waals surface area (Å²) in [7, 11) is 1.56. The van der Waals surface area contributed by atoms with E-state index in [-0.39, 0.29) is 6.42 Å². The summed E-state index contributed by atoms with van der Waals surface area (Å²) in [5.41, 5.74) is 1.18. The minimum Gasteiger partial charge on any atom is -0.497 e. The number of nitrogens with zero attached hydrogens (tertiary/aromatic N) is 1. The maximum Gasteiger partial charge on any atom is 0.335 e. The summed E-state index contributed by atoms with van der Waals surface area (Å²) in [5.74, 6) is -0.810. The number of rotatable bonds is 6. The van der Waals surface area contributed by atoms with Crippen molar-refractivity contribution in [3.8, 4) is 11.5 Å². The SMILES string of the molecule is CCOc1ccc(N2C(=O)NC(=O)[C@H](Cc3ccc(OC)cc3)C2=O)cc1. The Kier molecular flexibility index (Phi) is 5.40. The van der Waals surface area contributed by atoms with Gasteiger partial charge in [0.2, 0.25) is 11.8 Å². The normalized spacial score (nSPS) is 16.9. The highest BCUT2D eigenvalue weighted by molar-refractivity contribution is 6.27. The Morgan fingerprint density at radius 3 is 2.19 bits per heavy atom. The van der Waals surface area contributed by atoms with Gasteiger partial charge in [0.1, 0.15) is 17.4 Å². The van der Waals surface area contributed by atoms with E-state index in [1.807, 2.05) is 6.92 Å². The lowest BCUT2D eigenvalue weighted by atomic mass is 9.95. The number of carbonyl (C=O) groups excluding carboxylic acids is 3. The van der Waals surface area contributed by atoms with E-state index in [4.69, 9.17) is 9.47 Å². The Hall–Kier alpha value is -3.35. The van der Waals surface area contributed by atoms with Crippen LogP contribution in [0.4, 0.5) is 10.5 Å². The molecule has 1 heterocycles. The minimum absolute atomic E-state index is 0.190. The van der Waals surface area contributed by atoms with Crippen LogP contribution in [0.5, 0.6) is 11.5 Å². The highest BCUT2D eigenvalue weighted by atomic mass is 16.5. The van der Waals surface area contributed by atoms with Gasteiger partial charge >= 0.3 is 6.03 Å². The lowest BCUT2D eigenvalue weighted by molar-refractivity contribution is -0.134. The zero-order valence-electron chi connectivity index (χ0n) is 15.1. The molecular formula is C20H20N2O5. The van der Waals surface area contributed by atoms with Crippen molar-refractivity contribution < 1.29 is 23.9 Å². The molecule has 140 valence electrons. The summed E-state index contributed by atoms with van der Waals surface area (Å²) >= 11 is 0. The van der Waals surface area contributed by atoms with Crippen LogP contribution in [0.25, 0.3) is 0 Å². The van der Waals surface area contributed by atoms with Crippen LogP contribution in [-0.2, 0) is 16.0 Å². The van der Waals surface area contributed by atoms with Crippen LogP contribution in [-0.4, -0.2) is 31.6 Å². The summed E-state index contributed by atoms with van der Waals surface area (Å²) < 4.78 is 10.5. The van der Waals surface area contributed by atoms with E-state index in [2.05, 4.69) is 5.32 Å². The molecule has 0 aliphatic carbocycles. The lowest BCUT2D eigenvalue weighted by Gasteiger charge is -2.30. The van der Waals surface area contributed by atoms with Crippen LogP contribution < -0.4 is 19.7 Å². The molecule has 1 fully saturated rings. The summed E-state index contributed by atoms with van der Waals surface area (Å²) in [6.07, 6.45) is 0.190. The molecule has 2 aromatic carbocycles. The number of ether oxygens (including phenoxy) is 2. The fourth-order valence-corrected chi connectivity index (χ4v) is 2.90. The first-order valence-corrected chi connectivity index (χ1v) is 8.58. The van der Waals surface area contributed by atoms with Crippen molar-refractivity contribution in [3.63, 3.8) is 0 Å². The Morgan fingerprint density at radius 1 is 0.963 bits per heavy atom. The second kappa shape index (κ2) is 7.90. The second-order valence-corrected chi connectivity index (χ2v) is 6.00. The van der Waals surface area contributed by atoms with Crippen molar-refractivity contribution in [1.82, 2.24) is 5.32 Å². The molecule has 0 radical (unpaired) electrons. The van der Waals surface area contributed by atoms with E-state index < -0.39 is 23.8 Å². The molecule has 1 aliphatic rings. The maximum atomic E-state index is 12.9. The third kappa shape index (κ3) is 3.92. The molecule has 1 N–H and O–H groups in total. The Morgan fingerprint density at radius 2 is 1.59 bits per heavy atom. The molecule has 7 heteroatoms. The van der Waals surface area contributed by atoms with Crippen LogP contribution in [0, 0.1) is 5.92 Å². The Balaban J connectivity index is 1.82. The molecule has 0 spiro atoms. The number of hydrogen-bond donors (Lipinski definition) is 1. The maximum absolute atomic E-state index is 12.9. The standard InChI is InChI=1S/C20H20N2O5/c1-3-27-16-10-6-14(7-11-16)22-19(24)17(18(23)21-20(22)25)12-13-4-8-15(26-2)9-5-13/h4-11,17H,3,12H2,1-2H3,(H,21,23,25)/t17-/m0/s1. The van der Waals surface area contributed by atoms with Gasteiger partial charge in [-0.05, 0) is 55.3 Å². The third-order valence-corrected chi connectivity index (χ3v) is 4.27. The number of nitrogens with one attached hydrogen (secondary N) is 1. The molecule has 0 unspecified atom stereocenters. The highest BCUT2D eigenvalue weighted by Gasteiger charge is 2.41. The average molecular weight is 368 g/mol. The molecule has 3 rings (SSSR count). The number of hydrogen-bond acceptors (Lipinski definition) is 5. The minimum atomic E-state index is -0.984. The molecule has 27 heavy (non-hydrogen) atoms. The van der Waals surface area contributed by atoms with Gasteiger partial charge in [0, 0.05) is 0 Å². The van der Waals surface area contributed by atoms with Crippen molar-refractivity contribution in [2.45, 2.75) is 13.3 Å². The zero-order valence-corrected chi connectivity index (χ0v) is 15.1. The van der Waals surface area contributed by atoms with Gasteiger partial charge in [-0.2, -0.15) is 0 Å². The molecule has 0 aromatic heterocycles. The third-order valence-electron chi connectivity index (χ3n) is 4.27. The molecule has 2 aromatic rings. The van der Waals surface area contributed by atoms with Crippen LogP contribution in [0.2, 0.25) is 0 Å². The number of amides is 4. The molecule has 0 bridgehead atoms. The number of benzene rings is 2. The number of anilines is 1. The van der Waals surface area contributed by atoms with Crippen molar-refractivity contribution in [3.05, 3.63) is 54.1 Å². The molecular weight excluding hydrogens is 348 g/mol. The Labute approximate surface area is 156 Å². The second-order valence-electron chi connectivity index (χ2n) is 6.00. The van der Waals surface area contributed by atoms with Crippen LogP contribution >= 0.6 is 0 Å². The van der Waals surface area contributed by atoms with E-state index in [0.717, 1.165) is 10.5 Å². The fraction of sp³-hybridized carbons (Fsp3) is 0.250. The van der Waals surface area contributed by atoms with Gasteiger partial charge < -0.3 is 9.47 Å². The summed E-state index contributed by atoms with van der Waals surface area (Å²) in [5, 5.41) is 2.26. The molecule has 1 atom stereocenters. The average Bonchev–Trinajstić information content (AvgIpc) is 2.67. The molecule has 0 saturated carbocycles. The summed E-state index contributed by atoms with van der Waals surface area (Å²) in [6, 6.07) is 12.9. The monoisotopic (exact) mass is 368 g/mol. The van der Waals surface area contributed by atoms with Gasteiger partial charge in [0.15, 0.2) is 0 Å². The smallest absolute Gasteiger partial charge is 0.335 e. The van der Waals surface area contributed by atoms with Crippen molar-refractivity contribution in [2.24, 2.45) is 5.92 Å². The van der Waals surface area contributed by atoms with Crippen LogP contribution in [0.1, 0.15) is 12.5 Å². The van der Waals surface area contributed by atoms with E-state index in [0.29, 0.717) is 23.8 Å². The first-order valence-electron chi connectivity index (χ1n) is 8.58. The van der Waals surface area contributed by atoms with E-state index in [1.165, 1.54) is 0 Å². The number of barbiturate groups is 1. The quantitative estimate of drug-likeness (QED) is 0.792. The topological polar surface area (TPSA) is 84.9 Å². The van der Waals surface area contributed by atoms with Crippen LogP contribution in [0.3, 0.4) is 0 Å². The number of carbonyl (C=O) groups is 3. The predicted molar refractivity (Wildman–Crippen MR) is 98.8 cm³/mol. The fourth-order valence-electron chi connectivity index (χ4n) is 2.90. The lowest BCUT2D eigenvalue weighted by Crippen LogP contribution is -2.58. The van der Waals surface area contributed by atoms with Gasteiger partial charge in [-0.25, -0.2) is 9.69 Å². The summed E-state index contributed by atoms with van der Waals surface area (Å²) in [4.78, 5) is 38.3. The molecule has 7 nitrogen and oxygen atoms in total. The Bertz CT molecular complexity index is 846. The van der Waals surface area contributed by atoms with E-state index in [1.54, 1.807) is 55.6 Å². The highest BCUT2D eigenvalue weighted by Crippen LogP contribution is 2.25. The zero-order chi connectivity index (χ0) is 19.4. The first kappa shape index (κ1) is 18.4.